The molecule has 13 rings (SSSR count). The Morgan fingerprint density at radius 2 is 0.705 bits per heavy atom. The molecular weight excluding hydrogens is 1080 g/mol. The first-order valence-corrected chi connectivity index (χ1v) is 30.6. The van der Waals surface area contributed by atoms with Crippen LogP contribution in [0.25, 0.3) is 0 Å². The zero-order valence-corrected chi connectivity index (χ0v) is 54.1. The molecule has 2 unspecified atom stereocenters. The molecule has 88 heavy (non-hydrogen) atoms. The van der Waals surface area contributed by atoms with Crippen molar-refractivity contribution in [3.05, 3.63) is 247 Å². The number of anilines is 11. The van der Waals surface area contributed by atoms with Crippen LogP contribution < -0.4 is 39.2 Å². The van der Waals surface area contributed by atoms with Gasteiger partial charge in [-0.15, -0.1) is 0 Å². The molecule has 0 saturated carbocycles. The largest absolute Gasteiger partial charge is 0.356 e. The highest BCUT2D eigenvalue weighted by molar-refractivity contribution is 5.87. The lowest BCUT2D eigenvalue weighted by atomic mass is 10.1. The summed E-state index contributed by atoms with van der Waals surface area (Å²) in [5, 5.41) is 0. The van der Waals surface area contributed by atoms with E-state index in [0.29, 0.717) is 6.17 Å². The first-order chi connectivity index (χ1) is 46.8. The second-order valence-corrected chi connectivity index (χ2v) is 22.9. The Morgan fingerprint density at radius 3 is 1.12 bits per heavy atom. The third-order valence-corrected chi connectivity index (χ3v) is 17.3. The predicted octanol–water partition coefficient (Wildman–Crippen LogP) is 19.3. The van der Waals surface area contributed by atoms with Crippen LogP contribution in [-0.4, -0.2) is 72.7 Å². The van der Waals surface area contributed by atoms with E-state index in [1.165, 1.54) is 47.6 Å². The van der Waals surface area contributed by atoms with Gasteiger partial charge in [0, 0.05) is 99.0 Å². The monoisotopic (exact) mass is 1190 g/mol. The number of benzene rings is 8. The topological polar surface area (TPSA) is 32.4 Å². The van der Waals surface area contributed by atoms with Gasteiger partial charge in [0.05, 0.1) is 36.9 Å². The molecule has 0 aliphatic carbocycles. The summed E-state index contributed by atoms with van der Waals surface area (Å²) in [5.74, 6) is 0. The molecule has 8 aromatic rings. The number of nitrogens with zero attached hydrogens (tertiary/aromatic N) is 10. The van der Waals surface area contributed by atoms with Crippen molar-refractivity contribution in [3.63, 3.8) is 0 Å². The minimum absolute atomic E-state index is 0.00361. The smallest absolute Gasteiger partial charge is 0.104 e. The maximum atomic E-state index is 8.58. The highest BCUT2D eigenvalue weighted by Gasteiger charge is 2.37. The van der Waals surface area contributed by atoms with Crippen LogP contribution in [0.2, 0.25) is 0 Å². The molecule has 7 atom stereocenters. The summed E-state index contributed by atoms with van der Waals surface area (Å²) in [4.78, 5) is 20.0. The summed E-state index contributed by atoms with van der Waals surface area (Å²) in [6, 6.07) is 61.9. The van der Waals surface area contributed by atoms with Crippen molar-refractivity contribution >= 4 is 62.6 Å². The molecule has 0 bridgehead atoms. The van der Waals surface area contributed by atoms with Gasteiger partial charge in [0.25, 0.3) is 0 Å². The van der Waals surface area contributed by atoms with E-state index in [-0.39, 0.29) is 24.7 Å². The molecule has 10 heteroatoms. The molecule has 8 aromatic carbocycles. The lowest BCUT2D eigenvalue weighted by molar-refractivity contribution is 0.263. The van der Waals surface area contributed by atoms with Crippen molar-refractivity contribution in [1.82, 2.24) is 9.80 Å². The molecule has 5 aliphatic heterocycles. The van der Waals surface area contributed by atoms with Crippen LogP contribution >= 0.6 is 0 Å². The molecule has 0 saturated heterocycles. The minimum Gasteiger partial charge on any atom is -0.356 e. The fourth-order valence-corrected chi connectivity index (χ4v) is 12.6. The van der Waals surface area contributed by atoms with E-state index in [1.54, 1.807) is 34.7 Å². The highest BCUT2D eigenvalue weighted by Crippen LogP contribution is 2.47. The van der Waals surface area contributed by atoms with Gasteiger partial charge in [0.1, 0.15) is 30.8 Å². The van der Waals surface area contributed by atoms with Crippen molar-refractivity contribution in [1.29, 1.82) is 0 Å². The van der Waals surface area contributed by atoms with Crippen LogP contribution in [-0.2, 0) is 0 Å². The summed E-state index contributed by atoms with van der Waals surface area (Å²) >= 11 is 0. The Labute approximate surface area is 546 Å². The van der Waals surface area contributed by atoms with E-state index in [0.717, 1.165) is 56.6 Å². The van der Waals surface area contributed by atoms with Gasteiger partial charge in [0.15, 0.2) is 0 Å². The molecular formula is C78H98N10. The van der Waals surface area contributed by atoms with Crippen molar-refractivity contribution < 1.29 is 16.4 Å². The number of para-hydroxylation sites is 11. The van der Waals surface area contributed by atoms with E-state index < -0.39 is 38.7 Å². The van der Waals surface area contributed by atoms with Crippen LogP contribution in [0.1, 0.15) is 120 Å². The van der Waals surface area contributed by atoms with Gasteiger partial charge in [0.2, 0.25) is 0 Å². The lowest BCUT2D eigenvalue weighted by Gasteiger charge is -2.33. The molecule has 0 fully saturated rings. The van der Waals surface area contributed by atoms with Gasteiger partial charge >= 0.3 is 0 Å². The van der Waals surface area contributed by atoms with Crippen LogP contribution in [0.5, 0.6) is 0 Å². The number of hydrogen-bond donors (Lipinski definition) is 0. The zero-order valence-electron chi connectivity index (χ0n) is 66.1. The lowest BCUT2D eigenvalue weighted by Crippen LogP contribution is -2.42. The SMILES string of the molecule is Cc1ccccc1N1c2ccccc2N(C)[C@H]1C.[2H]C([2H])(C)N1C=CN(c2ccccc2C)[C@@H]1C.[2H]C([2H])(C)N1c2ccccc2N(c2ccccc2C)[C@@H]1C.[2H]C([2H])([2H])C([2H])(C)N1C=CN(c2ccccc2C)[C@@H]1C.[2H]C([2H])([2H])C([2H])(C)N1c2ccccc2N(c2ccccc2C)[C@@H]1C. The van der Waals surface area contributed by atoms with Gasteiger partial charge in [-0.25, -0.2) is 0 Å². The molecule has 460 valence electrons. The Kier molecular flexibility index (Phi) is 15.9. The first kappa shape index (κ1) is 49.3. The van der Waals surface area contributed by atoms with Crippen LogP contribution in [0, 0.1) is 34.6 Å². The fraction of sp³-hybridized carbons (Fsp3) is 0.333. The summed E-state index contributed by atoms with van der Waals surface area (Å²) < 4.78 is 94.8. The summed E-state index contributed by atoms with van der Waals surface area (Å²) in [6.45, 7) is 19.1. The Morgan fingerprint density at radius 1 is 0.364 bits per heavy atom. The third kappa shape index (κ3) is 13.1. The van der Waals surface area contributed by atoms with Crippen LogP contribution in [0.15, 0.2) is 219 Å². The molecule has 0 amide bonds. The van der Waals surface area contributed by atoms with Crippen LogP contribution in [0.3, 0.4) is 0 Å². The average Bonchev–Trinajstić information content (AvgIpc) is 1.59. The summed E-state index contributed by atoms with van der Waals surface area (Å²) in [6.07, 6.45) is 7.08. The second kappa shape index (κ2) is 28.4. The number of aryl methyl sites for hydroxylation is 5. The predicted molar refractivity (Wildman–Crippen MR) is 381 cm³/mol. The third-order valence-electron chi connectivity index (χ3n) is 17.3. The Balaban J connectivity index is 0.000000147. The van der Waals surface area contributed by atoms with Crippen molar-refractivity contribution in [3.8, 4) is 0 Å². The van der Waals surface area contributed by atoms with Crippen molar-refractivity contribution in [2.75, 3.05) is 59.2 Å². The van der Waals surface area contributed by atoms with Gasteiger partial charge in [-0.2, -0.15) is 0 Å². The maximum Gasteiger partial charge on any atom is 0.104 e. The van der Waals surface area contributed by atoms with E-state index in [4.69, 9.17) is 16.4 Å². The van der Waals surface area contributed by atoms with E-state index in [1.807, 2.05) is 185 Å². The number of hydrogen-bond acceptors (Lipinski definition) is 10. The quantitative estimate of drug-likeness (QED) is 0.139. The van der Waals surface area contributed by atoms with E-state index in [2.05, 4.69) is 138 Å². The van der Waals surface area contributed by atoms with Gasteiger partial charge in [-0.05, 0) is 205 Å². The van der Waals surface area contributed by atoms with Gasteiger partial charge in [-0.1, -0.05) is 127 Å². The molecule has 5 heterocycles. The molecule has 5 aliphatic rings. The Hall–Kier alpha value is -8.76. The number of fused-ring (bicyclic) bond motifs is 3. The number of rotatable bonds is 9. The second-order valence-electron chi connectivity index (χ2n) is 22.9. The molecule has 0 N–H and O–H groups in total. The molecule has 0 spiro atoms. The first-order valence-electron chi connectivity index (χ1n) is 36.6. The zero-order chi connectivity index (χ0) is 73.4. The van der Waals surface area contributed by atoms with E-state index >= 15 is 0 Å². The summed E-state index contributed by atoms with van der Waals surface area (Å²) in [5.41, 5.74) is 17.8. The van der Waals surface area contributed by atoms with Crippen LogP contribution in [0.4, 0.5) is 62.6 Å². The highest BCUT2D eigenvalue weighted by atomic mass is 15.4. The van der Waals surface area contributed by atoms with E-state index in [9.17, 15) is 0 Å². The normalized spacial score (nSPS) is 22.6. The Bertz CT molecular complexity index is 4180. The fourth-order valence-electron chi connectivity index (χ4n) is 12.6. The molecule has 0 radical (unpaired) electrons. The average molecular weight is 1190 g/mol. The van der Waals surface area contributed by atoms with Crippen molar-refractivity contribution in [2.24, 2.45) is 0 Å². The standard InChI is InChI=1S/C18H22N2.C17H20N2.C16H18N2.C14H20N2.C13H18N2/c1-13(2)19-15(4)20(16-10-6-5-9-14(16)3)18-12-8-7-11-17(18)19;1-4-18-14(3)19(15-10-6-5-9-13(15)2)17-12-8-7-11-16(17)18;1-12-8-4-5-9-14(12)18-13(2)17(3)15-10-6-7-11-16(15)18;1-11(2)15-9-10-16(13(15)4)14-8-6-5-7-12(14)3;1-4-14-9-10-15(12(14)3)13-8-6-5-7-11(13)2/h5-13,15H,1-4H3;5-12,14H,4H2,1-3H3;4-11,13H,1-3H3;5-11,13H,1-4H3;5-10,12H,4H2,1-3H3/t15-;14-;2*13-;12-/m11111/s1/i1D3,13D;4D2;;1D3,11D;4D2/t13?,15-;m;;11?,13-;m. The molecule has 10 nitrogen and oxygen atoms in total. The van der Waals surface area contributed by atoms with Gasteiger partial charge < -0.3 is 49.0 Å². The maximum absolute atomic E-state index is 8.58. The molecule has 0 aromatic heterocycles. The van der Waals surface area contributed by atoms with Crippen molar-refractivity contribution in [2.45, 2.75) is 154 Å². The summed E-state index contributed by atoms with van der Waals surface area (Å²) in [7, 11) is 2.15. The van der Waals surface area contributed by atoms with Gasteiger partial charge in [-0.3, -0.25) is 0 Å². The minimum atomic E-state index is -2.42.